The standard InChI is InChI=1S/C19H26N4O9/c1-18(2,3)32-17(29)20-11-6-7-12(13(10-11)23(30)31)15(26)21-22(5)19(4,16(27)28)9-8-14(24)25/h6-7,10H,8-9H2,1-5H3,(H,20,29)(H,21,26)(H,24,25)(H,27,28). The Morgan fingerprint density at radius 3 is 2.22 bits per heavy atom. The molecule has 1 aromatic carbocycles. The van der Waals surface area contributed by atoms with Crippen molar-refractivity contribution >= 4 is 35.3 Å². The van der Waals surface area contributed by atoms with Crippen molar-refractivity contribution in [3.63, 3.8) is 0 Å². The Kier molecular flexibility index (Phi) is 8.25. The Labute approximate surface area is 183 Å². The number of hydrazine groups is 1. The van der Waals surface area contributed by atoms with Crippen molar-refractivity contribution in [3.05, 3.63) is 33.9 Å². The second-order valence-electron chi connectivity index (χ2n) is 8.09. The van der Waals surface area contributed by atoms with Crippen LogP contribution in [0.1, 0.15) is 50.9 Å². The van der Waals surface area contributed by atoms with Gasteiger partial charge in [0.15, 0.2) is 0 Å². The largest absolute Gasteiger partial charge is 0.481 e. The fourth-order valence-electron chi connectivity index (χ4n) is 2.48. The second kappa shape index (κ2) is 10.0. The number of nitro groups is 1. The number of nitrogens with one attached hydrogen (secondary N) is 2. The average molecular weight is 454 g/mol. The van der Waals surface area contributed by atoms with Gasteiger partial charge in [-0.05, 0) is 46.2 Å². The number of carbonyl (C=O) groups excluding carboxylic acids is 2. The molecule has 0 heterocycles. The minimum Gasteiger partial charge on any atom is -0.481 e. The van der Waals surface area contributed by atoms with Crippen LogP contribution in [0, 0.1) is 10.1 Å². The third-order valence-corrected chi connectivity index (χ3v) is 4.38. The minimum absolute atomic E-state index is 0.00712. The number of nitro benzene ring substituents is 1. The molecule has 0 fully saturated rings. The summed E-state index contributed by atoms with van der Waals surface area (Å²) in [5, 5.41) is 33.0. The molecule has 0 saturated carbocycles. The molecule has 0 aromatic heterocycles. The lowest BCUT2D eigenvalue weighted by atomic mass is 9.95. The van der Waals surface area contributed by atoms with Crippen molar-refractivity contribution in [1.29, 1.82) is 0 Å². The number of benzene rings is 1. The van der Waals surface area contributed by atoms with E-state index in [2.05, 4.69) is 10.7 Å². The molecule has 0 radical (unpaired) electrons. The molecule has 1 unspecified atom stereocenters. The fraction of sp³-hybridized carbons (Fsp3) is 0.474. The first-order valence-electron chi connectivity index (χ1n) is 9.35. The molecule has 1 rings (SSSR count). The van der Waals surface area contributed by atoms with Gasteiger partial charge in [-0.3, -0.25) is 35.2 Å². The zero-order valence-corrected chi connectivity index (χ0v) is 18.3. The summed E-state index contributed by atoms with van der Waals surface area (Å²) in [5.41, 5.74) is -1.39. The van der Waals surface area contributed by atoms with Gasteiger partial charge in [-0.1, -0.05) is 0 Å². The topological polar surface area (TPSA) is 188 Å². The maximum absolute atomic E-state index is 12.6. The van der Waals surface area contributed by atoms with Gasteiger partial charge in [0.25, 0.3) is 11.6 Å². The van der Waals surface area contributed by atoms with Gasteiger partial charge in [0.1, 0.15) is 16.7 Å². The Bertz CT molecular complexity index is 926. The van der Waals surface area contributed by atoms with E-state index >= 15 is 0 Å². The Hall–Kier alpha value is -3.74. The zero-order valence-electron chi connectivity index (χ0n) is 18.3. The van der Waals surface area contributed by atoms with Crippen LogP contribution in [0.4, 0.5) is 16.2 Å². The van der Waals surface area contributed by atoms with Gasteiger partial charge >= 0.3 is 18.0 Å². The van der Waals surface area contributed by atoms with Gasteiger partial charge in [-0.15, -0.1) is 0 Å². The molecular weight excluding hydrogens is 428 g/mol. The number of anilines is 1. The third kappa shape index (κ3) is 7.19. The fourth-order valence-corrected chi connectivity index (χ4v) is 2.48. The lowest BCUT2D eigenvalue weighted by Gasteiger charge is -2.34. The van der Waals surface area contributed by atoms with Gasteiger partial charge in [0, 0.05) is 19.5 Å². The van der Waals surface area contributed by atoms with Crippen molar-refractivity contribution in [2.45, 2.75) is 51.7 Å². The number of rotatable bonds is 9. The van der Waals surface area contributed by atoms with Crippen molar-refractivity contribution in [1.82, 2.24) is 10.4 Å². The van der Waals surface area contributed by atoms with Crippen molar-refractivity contribution in [2.24, 2.45) is 0 Å². The zero-order chi connectivity index (χ0) is 24.9. The Balaban J connectivity index is 3.11. The molecule has 176 valence electrons. The first kappa shape index (κ1) is 26.3. The number of carbonyl (C=O) groups is 4. The summed E-state index contributed by atoms with van der Waals surface area (Å²) in [5.74, 6) is -3.61. The summed E-state index contributed by atoms with van der Waals surface area (Å²) in [6.45, 7) is 6.13. The van der Waals surface area contributed by atoms with Crippen LogP contribution < -0.4 is 10.7 Å². The summed E-state index contributed by atoms with van der Waals surface area (Å²) in [6, 6.07) is 3.29. The molecular formula is C19H26N4O9. The number of carboxylic acid groups (broad SMARTS) is 2. The van der Waals surface area contributed by atoms with E-state index in [4.69, 9.17) is 9.84 Å². The summed E-state index contributed by atoms with van der Waals surface area (Å²) >= 11 is 0. The van der Waals surface area contributed by atoms with Crippen LogP contribution in [0.25, 0.3) is 0 Å². The van der Waals surface area contributed by atoms with Gasteiger partial charge in [0.2, 0.25) is 0 Å². The number of carboxylic acids is 2. The number of aliphatic carboxylic acids is 2. The molecule has 13 nitrogen and oxygen atoms in total. The van der Waals surface area contributed by atoms with E-state index in [9.17, 15) is 34.4 Å². The van der Waals surface area contributed by atoms with E-state index in [1.807, 2.05) is 0 Å². The quantitative estimate of drug-likeness (QED) is 0.318. The Morgan fingerprint density at radius 1 is 1.16 bits per heavy atom. The molecule has 0 aliphatic rings. The summed E-state index contributed by atoms with van der Waals surface area (Å²) in [7, 11) is 1.21. The normalized spacial score (nSPS) is 13.1. The van der Waals surface area contributed by atoms with E-state index in [1.54, 1.807) is 20.8 Å². The predicted octanol–water partition coefficient (Wildman–Crippen LogP) is 2.23. The second-order valence-corrected chi connectivity index (χ2v) is 8.09. The first-order valence-corrected chi connectivity index (χ1v) is 9.35. The highest BCUT2D eigenvalue weighted by Crippen LogP contribution is 2.25. The molecule has 1 aromatic rings. The number of likely N-dealkylation sites (N-methyl/N-ethyl adjacent to an activating group) is 1. The molecule has 0 bridgehead atoms. The van der Waals surface area contributed by atoms with E-state index in [0.717, 1.165) is 17.1 Å². The van der Waals surface area contributed by atoms with Gasteiger partial charge in [-0.25, -0.2) is 9.80 Å². The van der Waals surface area contributed by atoms with E-state index < -0.39 is 57.7 Å². The van der Waals surface area contributed by atoms with Crippen LogP contribution in [0.5, 0.6) is 0 Å². The molecule has 0 saturated heterocycles. The lowest BCUT2D eigenvalue weighted by Crippen LogP contribution is -2.58. The smallest absolute Gasteiger partial charge is 0.412 e. The van der Waals surface area contributed by atoms with E-state index in [-0.39, 0.29) is 12.1 Å². The minimum atomic E-state index is -1.79. The van der Waals surface area contributed by atoms with E-state index in [1.165, 1.54) is 20.0 Å². The van der Waals surface area contributed by atoms with Crippen LogP contribution >= 0.6 is 0 Å². The highest BCUT2D eigenvalue weighted by molar-refractivity contribution is 5.99. The average Bonchev–Trinajstić information content (AvgIpc) is 2.63. The predicted molar refractivity (Wildman–Crippen MR) is 111 cm³/mol. The number of hydrogen-bond donors (Lipinski definition) is 4. The van der Waals surface area contributed by atoms with Gasteiger partial charge < -0.3 is 14.9 Å². The third-order valence-electron chi connectivity index (χ3n) is 4.38. The SMILES string of the molecule is CN(NC(=O)c1ccc(NC(=O)OC(C)(C)C)cc1[N+](=O)[O-])C(C)(CCC(=O)O)C(=O)O. The molecule has 4 N–H and O–H groups in total. The van der Waals surface area contributed by atoms with Crippen molar-refractivity contribution in [2.75, 3.05) is 12.4 Å². The number of nitrogens with zero attached hydrogens (tertiary/aromatic N) is 2. The highest BCUT2D eigenvalue weighted by Gasteiger charge is 2.39. The van der Waals surface area contributed by atoms with Crippen LogP contribution in [-0.4, -0.2) is 62.3 Å². The number of amides is 2. The first-order chi connectivity index (χ1) is 14.6. The van der Waals surface area contributed by atoms with Gasteiger partial charge in [-0.2, -0.15) is 0 Å². The highest BCUT2D eigenvalue weighted by atomic mass is 16.6. The van der Waals surface area contributed by atoms with Crippen molar-refractivity contribution in [3.8, 4) is 0 Å². The maximum atomic E-state index is 12.6. The van der Waals surface area contributed by atoms with Crippen LogP contribution in [0.2, 0.25) is 0 Å². The lowest BCUT2D eigenvalue weighted by molar-refractivity contribution is -0.385. The summed E-state index contributed by atoms with van der Waals surface area (Å²) in [6.07, 6.45) is -1.66. The molecule has 0 aliphatic carbocycles. The monoisotopic (exact) mass is 454 g/mol. The molecule has 0 spiro atoms. The molecule has 32 heavy (non-hydrogen) atoms. The molecule has 1 atom stereocenters. The molecule has 0 aliphatic heterocycles. The van der Waals surface area contributed by atoms with E-state index in [0.29, 0.717) is 0 Å². The van der Waals surface area contributed by atoms with Crippen LogP contribution in [0.15, 0.2) is 18.2 Å². The van der Waals surface area contributed by atoms with Gasteiger partial charge in [0.05, 0.1) is 10.6 Å². The maximum Gasteiger partial charge on any atom is 0.412 e. The number of ether oxygens (including phenoxy) is 1. The van der Waals surface area contributed by atoms with Crippen molar-refractivity contribution < 1.29 is 39.1 Å². The summed E-state index contributed by atoms with van der Waals surface area (Å²) < 4.78 is 5.07. The molecule has 13 heteroatoms. The Morgan fingerprint density at radius 2 is 1.75 bits per heavy atom. The van der Waals surface area contributed by atoms with Crippen LogP contribution in [0.3, 0.4) is 0 Å². The number of hydrogen-bond acceptors (Lipinski definition) is 8. The molecule has 2 amide bonds. The summed E-state index contributed by atoms with van der Waals surface area (Å²) in [4.78, 5) is 57.6. The van der Waals surface area contributed by atoms with Crippen LogP contribution in [-0.2, 0) is 14.3 Å².